The average molecular weight is 323 g/mol. The molecule has 1 heterocycles. The zero-order valence-corrected chi connectivity index (χ0v) is 12.9. The minimum Gasteiger partial charge on any atom is -0.370 e. The van der Waals surface area contributed by atoms with E-state index < -0.39 is 0 Å². The zero-order chi connectivity index (χ0) is 16.1. The topological polar surface area (TPSA) is 123 Å². The summed E-state index contributed by atoms with van der Waals surface area (Å²) in [6.07, 6.45) is 3.14. The smallest absolute Gasteiger partial charge is 0.256 e. The van der Waals surface area contributed by atoms with Gasteiger partial charge in [-0.25, -0.2) is 4.99 Å². The van der Waals surface area contributed by atoms with E-state index in [0.717, 1.165) is 32.4 Å². The molecule has 1 aliphatic rings. The van der Waals surface area contributed by atoms with Crippen LogP contribution < -0.4 is 17.2 Å². The molecule has 0 radical (unpaired) electrons. The second-order valence-electron chi connectivity index (χ2n) is 5.02. The molecule has 1 amide bonds. The lowest BCUT2D eigenvalue weighted by molar-refractivity contribution is 0.0725. The van der Waals surface area contributed by atoms with Gasteiger partial charge in [0, 0.05) is 18.1 Å². The highest BCUT2D eigenvalue weighted by Gasteiger charge is 2.21. The molecule has 1 fully saturated rings. The number of piperidine rings is 1. The third kappa shape index (κ3) is 4.11. The second-order valence-corrected chi connectivity index (χ2v) is 5.46. The summed E-state index contributed by atoms with van der Waals surface area (Å²) in [5.41, 5.74) is 16.9. The van der Waals surface area contributed by atoms with Gasteiger partial charge in [0.1, 0.15) is 0 Å². The average Bonchev–Trinajstić information content (AvgIpc) is 2.48. The van der Waals surface area contributed by atoms with Crippen LogP contribution in [-0.2, 0) is 0 Å². The number of nitrogens with two attached hydrogens (primary N) is 3. The van der Waals surface area contributed by atoms with Crippen LogP contribution >= 0.6 is 11.6 Å². The molecule has 118 valence electrons. The first kappa shape index (κ1) is 16.1. The monoisotopic (exact) mass is 322 g/mol. The van der Waals surface area contributed by atoms with Crippen LogP contribution in [0.25, 0.3) is 0 Å². The highest BCUT2D eigenvalue weighted by Crippen LogP contribution is 2.26. The Bertz CT molecular complexity index is 618. The fourth-order valence-electron chi connectivity index (χ4n) is 2.33. The zero-order valence-electron chi connectivity index (χ0n) is 12.1. The largest absolute Gasteiger partial charge is 0.370 e. The lowest BCUT2D eigenvalue weighted by Gasteiger charge is -2.27. The molecule has 1 aliphatic heterocycles. The van der Waals surface area contributed by atoms with E-state index in [9.17, 15) is 4.79 Å². The Morgan fingerprint density at radius 3 is 2.45 bits per heavy atom. The van der Waals surface area contributed by atoms with Crippen molar-refractivity contribution in [2.45, 2.75) is 19.3 Å². The molecule has 1 saturated heterocycles. The van der Waals surface area contributed by atoms with Gasteiger partial charge in [-0.2, -0.15) is 4.99 Å². The van der Waals surface area contributed by atoms with Gasteiger partial charge < -0.3 is 22.1 Å². The number of aliphatic imine (C=N–C) groups is 2. The van der Waals surface area contributed by atoms with Crippen molar-refractivity contribution >= 4 is 35.1 Å². The Morgan fingerprint density at radius 1 is 1.14 bits per heavy atom. The number of benzene rings is 1. The maximum atomic E-state index is 12.6. The molecule has 0 spiro atoms. The van der Waals surface area contributed by atoms with Gasteiger partial charge in [0.05, 0.1) is 11.3 Å². The molecule has 8 heteroatoms. The van der Waals surface area contributed by atoms with Crippen molar-refractivity contribution in [3.8, 4) is 0 Å². The summed E-state index contributed by atoms with van der Waals surface area (Å²) in [7, 11) is 0. The summed E-state index contributed by atoms with van der Waals surface area (Å²) < 4.78 is 0. The highest BCUT2D eigenvalue weighted by atomic mass is 35.5. The number of likely N-dealkylation sites (tertiary alicyclic amines) is 1. The number of nitrogens with zero attached hydrogens (tertiary/aromatic N) is 3. The normalized spacial score (nSPS) is 15.5. The Hall–Kier alpha value is -2.28. The van der Waals surface area contributed by atoms with Gasteiger partial charge in [-0.1, -0.05) is 11.6 Å². The lowest BCUT2D eigenvalue weighted by atomic mass is 10.1. The fourth-order valence-corrected chi connectivity index (χ4v) is 2.50. The minimum atomic E-state index is -0.195. The molecular formula is C14H19ClN6O. The van der Waals surface area contributed by atoms with Crippen molar-refractivity contribution in [3.63, 3.8) is 0 Å². The lowest BCUT2D eigenvalue weighted by Crippen LogP contribution is -2.35. The van der Waals surface area contributed by atoms with E-state index in [1.807, 2.05) is 0 Å². The summed E-state index contributed by atoms with van der Waals surface area (Å²) >= 11 is 6.00. The minimum absolute atomic E-state index is 0.113. The molecule has 1 aromatic rings. The molecule has 0 aromatic heterocycles. The van der Waals surface area contributed by atoms with Crippen LogP contribution in [0.15, 0.2) is 28.2 Å². The molecule has 22 heavy (non-hydrogen) atoms. The van der Waals surface area contributed by atoms with Gasteiger partial charge in [-0.3, -0.25) is 4.79 Å². The molecule has 0 saturated carbocycles. The van der Waals surface area contributed by atoms with E-state index in [4.69, 9.17) is 28.8 Å². The Labute approximate surface area is 133 Å². The van der Waals surface area contributed by atoms with Crippen LogP contribution in [0.1, 0.15) is 29.6 Å². The quantitative estimate of drug-likeness (QED) is 0.558. The SMILES string of the molecule is NC(N)=NC(N)=Nc1ccc(Cl)cc1C(=O)N1CCCCC1. The third-order valence-electron chi connectivity index (χ3n) is 3.31. The molecule has 0 atom stereocenters. The maximum Gasteiger partial charge on any atom is 0.256 e. The molecule has 1 aromatic carbocycles. The summed E-state index contributed by atoms with van der Waals surface area (Å²) in [4.78, 5) is 22.2. The van der Waals surface area contributed by atoms with Crippen molar-refractivity contribution < 1.29 is 4.79 Å². The number of carbonyl (C=O) groups excluding carboxylic acids is 1. The van der Waals surface area contributed by atoms with Crippen molar-refractivity contribution in [3.05, 3.63) is 28.8 Å². The summed E-state index contributed by atoms with van der Waals surface area (Å²) in [5, 5.41) is 0.458. The fraction of sp³-hybridized carbons (Fsp3) is 0.357. The van der Waals surface area contributed by atoms with Gasteiger partial charge in [0.2, 0.25) is 5.96 Å². The molecular weight excluding hydrogens is 304 g/mol. The first-order valence-electron chi connectivity index (χ1n) is 7.00. The van der Waals surface area contributed by atoms with Crippen LogP contribution in [-0.4, -0.2) is 35.8 Å². The number of guanidine groups is 2. The van der Waals surface area contributed by atoms with Crippen molar-refractivity contribution in [2.24, 2.45) is 27.2 Å². The molecule has 0 aliphatic carbocycles. The van der Waals surface area contributed by atoms with E-state index in [2.05, 4.69) is 9.98 Å². The van der Waals surface area contributed by atoms with E-state index in [1.54, 1.807) is 23.1 Å². The second kappa shape index (κ2) is 7.13. The van der Waals surface area contributed by atoms with Crippen molar-refractivity contribution in [1.29, 1.82) is 0 Å². The Morgan fingerprint density at radius 2 is 1.82 bits per heavy atom. The third-order valence-corrected chi connectivity index (χ3v) is 3.55. The number of amides is 1. The van der Waals surface area contributed by atoms with Crippen molar-refractivity contribution in [1.82, 2.24) is 4.90 Å². The van der Waals surface area contributed by atoms with Gasteiger partial charge in [-0.05, 0) is 37.5 Å². The summed E-state index contributed by atoms with van der Waals surface area (Å²) in [5.74, 6) is -0.424. The Balaban J connectivity index is 2.35. The molecule has 0 bridgehead atoms. The molecule has 7 nitrogen and oxygen atoms in total. The highest BCUT2D eigenvalue weighted by molar-refractivity contribution is 6.31. The summed E-state index contributed by atoms with van der Waals surface area (Å²) in [6.45, 7) is 1.47. The number of rotatable bonds is 2. The first-order valence-corrected chi connectivity index (χ1v) is 7.38. The van der Waals surface area contributed by atoms with Gasteiger partial charge in [0.25, 0.3) is 5.91 Å². The first-order chi connectivity index (χ1) is 10.5. The molecule has 2 rings (SSSR count). The van der Waals surface area contributed by atoms with Gasteiger partial charge >= 0.3 is 0 Å². The van der Waals surface area contributed by atoms with Crippen LogP contribution in [0.5, 0.6) is 0 Å². The predicted molar refractivity (Wildman–Crippen MR) is 88.3 cm³/mol. The van der Waals surface area contributed by atoms with E-state index in [1.165, 1.54) is 0 Å². The van der Waals surface area contributed by atoms with Crippen LogP contribution in [0, 0.1) is 0 Å². The van der Waals surface area contributed by atoms with Gasteiger partial charge in [0.15, 0.2) is 5.96 Å². The van der Waals surface area contributed by atoms with Crippen LogP contribution in [0.2, 0.25) is 5.02 Å². The predicted octanol–water partition coefficient (Wildman–Crippen LogP) is 1.19. The van der Waals surface area contributed by atoms with E-state index in [0.29, 0.717) is 16.3 Å². The van der Waals surface area contributed by atoms with Crippen molar-refractivity contribution in [2.75, 3.05) is 13.1 Å². The van der Waals surface area contributed by atoms with Crippen LogP contribution in [0.4, 0.5) is 5.69 Å². The molecule has 0 unspecified atom stereocenters. The van der Waals surface area contributed by atoms with E-state index in [-0.39, 0.29) is 17.8 Å². The number of halogens is 1. The number of hydrogen-bond acceptors (Lipinski definition) is 2. The Kier molecular flexibility index (Phi) is 5.21. The van der Waals surface area contributed by atoms with Crippen LogP contribution in [0.3, 0.4) is 0 Å². The summed E-state index contributed by atoms with van der Waals surface area (Å²) in [6, 6.07) is 4.84. The standard InChI is InChI=1S/C14H19ClN6O/c15-9-4-5-11(19-14(18)20-13(16)17)10(8-9)12(22)21-6-2-1-3-7-21/h4-5,8H,1-3,6-7H2,(H6,16,17,18,19,20). The molecule has 6 N–H and O–H groups in total. The maximum absolute atomic E-state index is 12.6. The van der Waals surface area contributed by atoms with Gasteiger partial charge in [-0.15, -0.1) is 0 Å². The number of carbonyl (C=O) groups is 1. The van der Waals surface area contributed by atoms with E-state index >= 15 is 0 Å². The number of hydrogen-bond donors (Lipinski definition) is 3.